The molecular weight excluding hydrogens is 444 g/mol. The second-order valence-electron chi connectivity index (χ2n) is 7.46. The summed E-state index contributed by atoms with van der Waals surface area (Å²) in [5.74, 6) is 1.40. The highest BCUT2D eigenvalue weighted by Crippen LogP contribution is 2.23. The van der Waals surface area contributed by atoms with Crippen molar-refractivity contribution in [1.82, 2.24) is 19.9 Å². The van der Waals surface area contributed by atoms with Crippen LogP contribution >= 0.6 is 22.9 Å². The molecule has 32 heavy (non-hydrogen) atoms. The smallest absolute Gasteiger partial charge is 0.226 e. The number of carbonyl (C=O) groups excluding carboxylic acids is 1. The Morgan fingerprint density at radius 2 is 1.94 bits per heavy atom. The summed E-state index contributed by atoms with van der Waals surface area (Å²) in [5.41, 5.74) is 2.80. The van der Waals surface area contributed by atoms with E-state index >= 15 is 0 Å². The van der Waals surface area contributed by atoms with Crippen molar-refractivity contribution in [2.75, 3.05) is 0 Å². The fourth-order valence-electron chi connectivity index (χ4n) is 3.26. The second kappa shape index (κ2) is 9.97. The van der Waals surface area contributed by atoms with Crippen molar-refractivity contribution < 1.29 is 9.53 Å². The number of hydrogen-bond donors (Lipinski definition) is 1. The number of halogens is 1. The van der Waals surface area contributed by atoms with E-state index in [1.165, 1.54) is 16.9 Å². The van der Waals surface area contributed by atoms with Crippen molar-refractivity contribution in [2.45, 2.75) is 26.0 Å². The van der Waals surface area contributed by atoms with E-state index in [-0.39, 0.29) is 18.4 Å². The highest BCUT2D eigenvalue weighted by Gasteiger charge is 2.21. The van der Waals surface area contributed by atoms with E-state index in [2.05, 4.69) is 15.3 Å². The quantitative estimate of drug-likeness (QED) is 0.402. The molecule has 0 fully saturated rings. The lowest BCUT2D eigenvalue weighted by Gasteiger charge is -2.19. The van der Waals surface area contributed by atoms with E-state index in [9.17, 15) is 4.79 Å². The van der Waals surface area contributed by atoms with Gasteiger partial charge in [-0.1, -0.05) is 41.4 Å². The maximum atomic E-state index is 12.8. The Kier molecular flexibility index (Phi) is 6.87. The maximum absolute atomic E-state index is 12.8. The molecule has 0 aliphatic rings. The Morgan fingerprint density at radius 1 is 1.19 bits per heavy atom. The van der Waals surface area contributed by atoms with Crippen LogP contribution in [0.25, 0.3) is 0 Å². The molecule has 2 aromatic carbocycles. The number of ether oxygens (including phenoxy) is 1. The number of thiazole rings is 1. The summed E-state index contributed by atoms with van der Waals surface area (Å²) in [5, 5.41) is 6.45. The Bertz CT molecular complexity index is 1190. The number of rotatable bonds is 8. The molecule has 0 bridgehead atoms. The first-order chi connectivity index (χ1) is 15.5. The summed E-state index contributed by atoms with van der Waals surface area (Å²) >= 11 is 7.52. The predicted molar refractivity (Wildman–Crippen MR) is 126 cm³/mol. The van der Waals surface area contributed by atoms with Crippen LogP contribution in [0.5, 0.6) is 5.75 Å². The first kappa shape index (κ1) is 22.0. The summed E-state index contributed by atoms with van der Waals surface area (Å²) in [6, 6.07) is 14.9. The standard InChI is InChI=1S/C24H23ClN4O2S/c1-16-3-9-20(10-4-16)31-14-22-27-19(15-32-22)13-21(30)28-23(24-26-11-12-29(24)2)17-5-7-18(25)8-6-17/h3-12,15,23H,13-14H2,1-2H3,(H,28,30)/t23-/m1/s1. The third-order valence-electron chi connectivity index (χ3n) is 4.95. The average Bonchev–Trinajstić information content (AvgIpc) is 3.41. The number of nitrogens with zero attached hydrogens (tertiary/aromatic N) is 3. The Morgan fingerprint density at radius 3 is 2.62 bits per heavy atom. The molecule has 0 saturated heterocycles. The Labute approximate surface area is 195 Å². The van der Waals surface area contributed by atoms with Crippen molar-refractivity contribution in [1.29, 1.82) is 0 Å². The first-order valence-corrected chi connectivity index (χ1v) is 11.4. The van der Waals surface area contributed by atoms with Crippen molar-refractivity contribution in [3.8, 4) is 5.75 Å². The fourth-order valence-corrected chi connectivity index (χ4v) is 4.09. The minimum atomic E-state index is -0.386. The summed E-state index contributed by atoms with van der Waals surface area (Å²) in [6.07, 6.45) is 3.74. The van der Waals surface area contributed by atoms with Crippen molar-refractivity contribution >= 4 is 28.8 Å². The molecule has 164 valence electrons. The van der Waals surface area contributed by atoms with Crippen molar-refractivity contribution in [2.24, 2.45) is 7.05 Å². The van der Waals surface area contributed by atoms with Gasteiger partial charge in [0.05, 0.1) is 12.1 Å². The zero-order valence-electron chi connectivity index (χ0n) is 17.8. The third-order valence-corrected chi connectivity index (χ3v) is 6.07. The van der Waals surface area contributed by atoms with E-state index in [0.717, 1.165) is 22.1 Å². The number of benzene rings is 2. The lowest BCUT2D eigenvalue weighted by molar-refractivity contribution is -0.121. The normalized spacial score (nSPS) is 11.8. The van der Waals surface area contributed by atoms with Crippen LogP contribution in [-0.4, -0.2) is 20.4 Å². The SMILES string of the molecule is Cc1ccc(OCc2nc(CC(=O)N[C@H](c3ccc(Cl)cc3)c3nccn3C)cs2)cc1. The minimum absolute atomic E-state index is 0.135. The van der Waals surface area contributed by atoms with Gasteiger partial charge in [0.2, 0.25) is 5.91 Å². The topological polar surface area (TPSA) is 69.0 Å². The molecule has 8 heteroatoms. The summed E-state index contributed by atoms with van der Waals surface area (Å²) in [4.78, 5) is 21.8. The van der Waals surface area contributed by atoms with Gasteiger partial charge in [0.1, 0.15) is 29.2 Å². The Hall–Kier alpha value is -3.16. The molecule has 1 amide bonds. The number of aryl methyl sites for hydroxylation is 2. The van der Waals surface area contributed by atoms with Crippen LogP contribution in [0.15, 0.2) is 66.3 Å². The van der Waals surface area contributed by atoms with Crippen LogP contribution in [0.1, 0.15) is 33.7 Å². The highest BCUT2D eigenvalue weighted by molar-refractivity contribution is 7.09. The van der Waals surface area contributed by atoms with Crippen LogP contribution in [0, 0.1) is 6.92 Å². The molecule has 4 aromatic rings. The maximum Gasteiger partial charge on any atom is 0.226 e. The number of hydrogen-bond acceptors (Lipinski definition) is 5. The number of amides is 1. The van der Waals surface area contributed by atoms with Gasteiger partial charge in [-0.3, -0.25) is 4.79 Å². The van der Waals surface area contributed by atoms with E-state index in [1.807, 2.05) is 66.5 Å². The second-order valence-corrected chi connectivity index (χ2v) is 8.84. The first-order valence-electron chi connectivity index (χ1n) is 10.1. The van der Waals surface area contributed by atoms with Gasteiger partial charge in [0.25, 0.3) is 0 Å². The zero-order chi connectivity index (χ0) is 22.5. The summed E-state index contributed by atoms with van der Waals surface area (Å²) in [7, 11) is 1.90. The molecule has 2 heterocycles. The van der Waals surface area contributed by atoms with Gasteiger partial charge in [-0.05, 0) is 36.8 Å². The molecule has 1 N–H and O–H groups in total. The van der Waals surface area contributed by atoms with Crippen LogP contribution in [0.4, 0.5) is 0 Å². The van der Waals surface area contributed by atoms with Gasteiger partial charge in [-0.15, -0.1) is 11.3 Å². The van der Waals surface area contributed by atoms with Crippen LogP contribution in [-0.2, 0) is 24.9 Å². The molecular formula is C24H23ClN4O2S. The third kappa shape index (κ3) is 5.55. The molecule has 0 unspecified atom stereocenters. The average molecular weight is 467 g/mol. The lowest BCUT2D eigenvalue weighted by Crippen LogP contribution is -2.32. The van der Waals surface area contributed by atoms with Gasteiger partial charge in [-0.25, -0.2) is 9.97 Å². The molecule has 0 aliphatic heterocycles. The molecule has 0 aliphatic carbocycles. The van der Waals surface area contributed by atoms with Crippen LogP contribution in [0.3, 0.4) is 0 Å². The molecule has 0 spiro atoms. The molecule has 6 nitrogen and oxygen atoms in total. The molecule has 1 atom stereocenters. The van der Waals surface area contributed by atoms with Gasteiger partial charge in [0, 0.05) is 29.8 Å². The van der Waals surface area contributed by atoms with Crippen molar-refractivity contribution in [3.05, 3.63) is 99.0 Å². The van der Waals surface area contributed by atoms with E-state index in [4.69, 9.17) is 16.3 Å². The minimum Gasteiger partial charge on any atom is -0.486 e. The number of aromatic nitrogens is 3. The fraction of sp³-hybridized carbons (Fsp3) is 0.208. The number of carbonyl (C=O) groups is 1. The van der Waals surface area contributed by atoms with Gasteiger partial charge in [-0.2, -0.15) is 0 Å². The van der Waals surface area contributed by atoms with Gasteiger partial charge in [0.15, 0.2) is 0 Å². The van der Waals surface area contributed by atoms with Gasteiger partial charge >= 0.3 is 0 Å². The molecule has 4 rings (SSSR count). The highest BCUT2D eigenvalue weighted by atomic mass is 35.5. The van der Waals surface area contributed by atoms with Crippen LogP contribution in [0.2, 0.25) is 5.02 Å². The summed E-state index contributed by atoms with van der Waals surface area (Å²) < 4.78 is 7.68. The largest absolute Gasteiger partial charge is 0.486 e. The molecule has 0 saturated carbocycles. The molecule has 2 aromatic heterocycles. The summed E-state index contributed by atoms with van der Waals surface area (Å²) in [6.45, 7) is 2.41. The van der Waals surface area contributed by atoms with Gasteiger partial charge < -0.3 is 14.6 Å². The van der Waals surface area contributed by atoms with E-state index < -0.39 is 0 Å². The van der Waals surface area contributed by atoms with E-state index in [0.29, 0.717) is 17.3 Å². The molecule has 0 radical (unpaired) electrons. The zero-order valence-corrected chi connectivity index (χ0v) is 19.4. The Balaban J connectivity index is 1.40. The monoisotopic (exact) mass is 466 g/mol. The number of nitrogens with one attached hydrogen (secondary N) is 1. The predicted octanol–water partition coefficient (Wildman–Crippen LogP) is 4.87. The number of imidazole rings is 1. The lowest BCUT2D eigenvalue weighted by atomic mass is 10.1. The van der Waals surface area contributed by atoms with E-state index in [1.54, 1.807) is 18.3 Å². The van der Waals surface area contributed by atoms with Crippen molar-refractivity contribution in [3.63, 3.8) is 0 Å². The van der Waals surface area contributed by atoms with Crippen LogP contribution < -0.4 is 10.1 Å².